The molecule has 13 heavy (non-hydrogen) atoms. The molecule has 0 saturated heterocycles. The fourth-order valence-electron chi connectivity index (χ4n) is 0.956. The lowest BCUT2D eigenvalue weighted by atomic mass is 10.4. The van der Waals surface area contributed by atoms with Crippen LogP contribution in [0, 0.1) is 0 Å². The van der Waals surface area contributed by atoms with E-state index >= 15 is 0 Å². The van der Waals surface area contributed by atoms with Crippen LogP contribution >= 0.6 is 0 Å². The van der Waals surface area contributed by atoms with Gasteiger partial charge >= 0.3 is 11.4 Å². The number of aromatic amines is 2. The number of rotatable bonds is 4. The summed E-state index contributed by atoms with van der Waals surface area (Å²) in [6, 6.07) is 0. The maximum absolute atomic E-state index is 10.9. The maximum Gasteiger partial charge on any atom is 0.344 e. The quantitative estimate of drug-likeness (QED) is 0.503. The van der Waals surface area contributed by atoms with E-state index in [0.29, 0.717) is 0 Å². The van der Waals surface area contributed by atoms with Gasteiger partial charge in [0, 0.05) is 7.11 Å². The highest BCUT2D eigenvalue weighted by Gasteiger charge is 2.09. The van der Waals surface area contributed by atoms with Gasteiger partial charge in [0.2, 0.25) is 0 Å². The van der Waals surface area contributed by atoms with E-state index in [-0.39, 0.29) is 13.2 Å². The van der Waals surface area contributed by atoms with Gasteiger partial charge in [-0.2, -0.15) is 0 Å². The third-order valence-electron chi connectivity index (χ3n) is 1.52. The topological polar surface area (TPSA) is 100 Å². The molecule has 0 spiro atoms. The molecular weight excluding hydrogens is 178 g/mol. The van der Waals surface area contributed by atoms with Gasteiger partial charge in [0.15, 0.2) is 0 Å². The largest absolute Gasteiger partial charge is 0.389 e. The normalized spacial score (nSPS) is 13.1. The van der Waals surface area contributed by atoms with Crippen molar-refractivity contribution < 1.29 is 9.84 Å². The molecule has 74 valence electrons. The highest BCUT2D eigenvalue weighted by Crippen LogP contribution is 1.85. The van der Waals surface area contributed by atoms with Gasteiger partial charge in [0.1, 0.15) is 0 Å². The van der Waals surface area contributed by atoms with E-state index in [2.05, 4.69) is 14.9 Å². The number of aliphatic hydroxyl groups excluding tert-OH is 1. The molecule has 0 amide bonds. The molecule has 0 radical (unpaired) electrons. The van der Waals surface area contributed by atoms with Crippen LogP contribution in [0.4, 0.5) is 0 Å². The molecule has 7 nitrogen and oxygen atoms in total. The van der Waals surface area contributed by atoms with Gasteiger partial charge in [0.25, 0.3) is 0 Å². The molecule has 1 aromatic heterocycles. The smallest absolute Gasteiger partial charge is 0.344 e. The average molecular weight is 189 g/mol. The molecule has 0 aliphatic carbocycles. The predicted octanol–water partition coefficient (Wildman–Crippen LogP) is -2.13. The molecule has 3 N–H and O–H groups in total. The standard InChI is InChI=1S/C6H11N3O4/c1-13-3-4(10)2-9-5(11)7-8-6(9)12/h4,10H,2-3H2,1H3,(H,7,11)(H,8,12). The zero-order valence-electron chi connectivity index (χ0n) is 7.11. The van der Waals surface area contributed by atoms with E-state index < -0.39 is 17.5 Å². The molecular formula is C6H11N3O4. The second-order valence-corrected chi connectivity index (χ2v) is 2.58. The number of nitrogens with one attached hydrogen (secondary N) is 2. The summed E-state index contributed by atoms with van der Waals surface area (Å²) in [5.74, 6) is 0. The molecule has 0 bridgehead atoms. The monoisotopic (exact) mass is 189 g/mol. The molecule has 1 atom stereocenters. The molecule has 1 heterocycles. The summed E-state index contributed by atoms with van der Waals surface area (Å²) < 4.78 is 5.51. The van der Waals surface area contributed by atoms with Crippen LogP contribution in [0.25, 0.3) is 0 Å². The summed E-state index contributed by atoms with van der Waals surface area (Å²) in [5.41, 5.74) is -1.14. The Kier molecular flexibility index (Phi) is 3.04. The Morgan fingerprint density at radius 1 is 1.46 bits per heavy atom. The fraction of sp³-hybridized carbons (Fsp3) is 0.667. The number of methoxy groups -OCH3 is 1. The van der Waals surface area contributed by atoms with E-state index in [4.69, 9.17) is 0 Å². The van der Waals surface area contributed by atoms with Gasteiger partial charge in [-0.1, -0.05) is 0 Å². The number of hydrogen-bond acceptors (Lipinski definition) is 4. The molecule has 1 rings (SSSR count). The van der Waals surface area contributed by atoms with Gasteiger partial charge in [0.05, 0.1) is 19.3 Å². The first-order valence-electron chi connectivity index (χ1n) is 3.69. The lowest BCUT2D eigenvalue weighted by Gasteiger charge is -2.07. The van der Waals surface area contributed by atoms with Gasteiger partial charge in [-0.25, -0.2) is 24.4 Å². The Hall–Kier alpha value is -1.34. The van der Waals surface area contributed by atoms with Crippen LogP contribution in [0.5, 0.6) is 0 Å². The van der Waals surface area contributed by atoms with Crippen molar-refractivity contribution in [3.63, 3.8) is 0 Å². The van der Waals surface area contributed by atoms with Crippen LogP contribution < -0.4 is 11.4 Å². The summed E-state index contributed by atoms with van der Waals surface area (Å²) in [5, 5.41) is 13.4. The lowest BCUT2D eigenvalue weighted by molar-refractivity contribution is 0.0525. The predicted molar refractivity (Wildman–Crippen MR) is 43.6 cm³/mol. The Labute approximate surface area is 72.9 Å². The van der Waals surface area contributed by atoms with Crippen LogP contribution in [-0.2, 0) is 11.3 Å². The first-order chi connectivity index (χ1) is 6.15. The van der Waals surface area contributed by atoms with E-state index in [1.807, 2.05) is 0 Å². The summed E-state index contributed by atoms with van der Waals surface area (Å²) in [6.07, 6.45) is -0.861. The maximum atomic E-state index is 10.9. The Bertz CT molecular complexity index is 335. The van der Waals surface area contributed by atoms with Crippen molar-refractivity contribution in [2.45, 2.75) is 12.6 Å². The number of H-pyrrole nitrogens is 2. The minimum Gasteiger partial charge on any atom is -0.389 e. The second-order valence-electron chi connectivity index (χ2n) is 2.58. The van der Waals surface area contributed by atoms with Crippen molar-refractivity contribution in [3.05, 3.63) is 21.0 Å². The highest BCUT2D eigenvalue weighted by atomic mass is 16.5. The lowest BCUT2D eigenvalue weighted by Crippen LogP contribution is -2.33. The van der Waals surface area contributed by atoms with Gasteiger partial charge < -0.3 is 9.84 Å². The minimum atomic E-state index is -0.861. The van der Waals surface area contributed by atoms with Gasteiger partial charge in [-0.15, -0.1) is 0 Å². The van der Waals surface area contributed by atoms with Crippen LogP contribution in [-0.4, -0.2) is 39.7 Å². The molecule has 7 heteroatoms. The third-order valence-corrected chi connectivity index (χ3v) is 1.52. The van der Waals surface area contributed by atoms with Crippen molar-refractivity contribution >= 4 is 0 Å². The fourth-order valence-corrected chi connectivity index (χ4v) is 0.956. The van der Waals surface area contributed by atoms with E-state index in [1.54, 1.807) is 0 Å². The van der Waals surface area contributed by atoms with E-state index in [9.17, 15) is 14.7 Å². The molecule has 0 aromatic carbocycles. The van der Waals surface area contributed by atoms with E-state index in [1.165, 1.54) is 7.11 Å². The van der Waals surface area contributed by atoms with Crippen molar-refractivity contribution in [3.8, 4) is 0 Å². The zero-order chi connectivity index (χ0) is 9.84. The van der Waals surface area contributed by atoms with Crippen molar-refractivity contribution in [2.75, 3.05) is 13.7 Å². The van der Waals surface area contributed by atoms with Crippen molar-refractivity contribution in [1.82, 2.24) is 14.8 Å². The molecule has 0 aliphatic rings. The van der Waals surface area contributed by atoms with Crippen LogP contribution in [0.15, 0.2) is 9.59 Å². The van der Waals surface area contributed by atoms with Crippen molar-refractivity contribution in [2.24, 2.45) is 0 Å². The third kappa shape index (κ3) is 2.30. The average Bonchev–Trinajstić information content (AvgIpc) is 2.36. The molecule has 0 aliphatic heterocycles. The molecule has 0 fully saturated rings. The summed E-state index contributed by atoms with van der Waals surface area (Å²) in [4.78, 5) is 21.8. The van der Waals surface area contributed by atoms with Crippen LogP contribution in [0.2, 0.25) is 0 Å². The summed E-state index contributed by atoms with van der Waals surface area (Å²) >= 11 is 0. The molecule has 0 saturated carbocycles. The SMILES string of the molecule is COCC(O)Cn1c(=O)[nH][nH]c1=O. The number of ether oxygens (including phenoxy) is 1. The van der Waals surface area contributed by atoms with Gasteiger partial charge in [-0.3, -0.25) is 0 Å². The van der Waals surface area contributed by atoms with Gasteiger partial charge in [-0.05, 0) is 0 Å². The number of nitrogens with zero attached hydrogens (tertiary/aromatic N) is 1. The molecule has 1 unspecified atom stereocenters. The first kappa shape index (κ1) is 9.75. The van der Waals surface area contributed by atoms with Crippen LogP contribution in [0.3, 0.4) is 0 Å². The Balaban J connectivity index is 2.74. The number of aromatic nitrogens is 3. The zero-order valence-corrected chi connectivity index (χ0v) is 7.11. The Morgan fingerprint density at radius 2 is 2.00 bits per heavy atom. The summed E-state index contributed by atoms with van der Waals surface area (Å²) in [7, 11) is 1.42. The number of hydrogen-bond donors (Lipinski definition) is 3. The van der Waals surface area contributed by atoms with E-state index in [0.717, 1.165) is 4.57 Å². The second kappa shape index (κ2) is 4.06. The molecule has 1 aromatic rings. The minimum absolute atomic E-state index is 0.0779. The first-order valence-corrected chi connectivity index (χ1v) is 3.69. The Morgan fingerprint density at radius 3 is 2.46 bits per heavy atom. The van der Waals surface area contributed by atoms with Crippen molar-refractivity contribution in [1.29, 1.82) is 0 Å². The summed E-state index contributed by atoms with van der Waals surface area (Å²) in [6.45, 7) is 0.00255. The highest BCUT2D eigenvalue weighted by molar-refractivity contribution is 4.68. The van der Waals surface area contributed by atoms with Crippen LogP contribution in [0.1, 0.15) is 0 Å². The number of aliphatic hydroxyl groups is 1.